The van der Waals surface area contributed by atoms with Gasteiger partial charge in [-0.25, -0.2) is 0 Å². The lowest BCUT2D eigenvalue weighted by Gasteiger charge is -2.22. The molecule has 0 radical (unpaired) electrons. The van der Waals surface area contributed by atoms with Gasteiger partial charge < -0.3 is 14.8 Å². The highest BCUT2D eigenvalue weighted by atomic mass is 32.1. The van der Waals surface area contributed by atoms with Gasteiger partial charge in [0.1, 0.15) is 0 Å². The molecule has 1 aliphatic carbocycles. The number of amides is 1. The van der Waals surface area contributed by atoms with Crippen molar-refractivity contribution >= 4 is 17.2 Å². The van der Waals surface area contributed by atoms with E-state index in [1.807, 2.05) is 24.3 Å². The van der Waals surface area contributed by atoms with Crippen LogP contribution < -0.4 is 14.8 Å². The first-order chi connectivity index (χ1) is 14.7. The number of nitrogens with one attached hydrogen (secondary N) is 1. The second kappa shape index (κ2) is 9.35. The third-order valence-electron chi connectivity index (χ3n) is 5.65. The van der Waals surface area contributed by atoms with Crippen molar-refractivity contribution in [1.82, 2.24) is 5.32 Å². The van der Waals surface area contributed by atoms with Crippen LogP contribution in [0.1, 0.15) is 46.0 Å². The summed E-state index contributed by atoms with van der Waals surface area (Å²) in [6.07, 6.45) is 5.08. The highest BCUT2D eigenvalue weighted by molar-refractivity contribution is 7.10. The molecule has 4 nitrogen and oxygen atoms in total. The van der Waals surface area contributed by atoms with Gasteiger partial charge in [0.05, 0.1) is 26.7 Å². The van der Waals surface area contributed by atoms with Crippen molar-refractivity contribution in [3.8, 4) is 11.5 Å². The minimum Gasteiger partial charge on any atom is -0.493 e. The number of fused-ring (bicyclic) bond motifs is 1. The second-order valence-corrected chi connectivity index (χ2v) is 8.60. The third kappa shape index (κ3) is 4.51. The molecule has 3 aromatic rings. The van der Waals surface area contributed by atoms with E-state index in [2.05, 4.69) is 35.0 Å². The first-order valence-electron chi connectivity index (χ1n) is 10.3. The van der Waals surface area contributed by atoms with E-state index in [1.165, 1.54) is 24.0 Å². The number of aryl methyl sites for hydroxylation is 2. The smallest absolute Gasteiger partial charge is 0.225 e. The van der Waals surface area contributed by atoms with Crippen molar-refractivity contribution in [1.29, 1.82) is 0 Å². The Kier molecular flexibility index (Phi) is 6.38. The summed E-state index contributed by atoms with van der Waals surface area (Å²) < 4.78 is 10.7. The molecule has 1 atom stereocenters. The summed E-state index contributed by atoms with van der Waals surface area (Å²) in [5.41, 5.74) is 4.92. The molecule has 1 N–H and O–H groups in total. The van der Waals surface area contributed by atoms with E-state index in [1.54, 1.807) is 25.6 Å². The molecule has 1 aliphatic rings. The van der Waals surface area contributed by atoms with Crippen molar-refractivity contribution in [2.75, 3.05) is 14.2 Å². The monoisotopic (exact) mass is 421 g/mol. The number of methoxy groups -OCH3 is 2. The maximum absolute atomic E-state index is 13.0. The minimum atomic E-state index is -0.134. The molecule has 1 unspecified atom stereocenters. The lowest BCUT2D eigenvalue weighted by atomic mass is 9.89. The molecular formula is C25H27NO3S. The van der Waals surface area contributed by atoms with Gasteiger partial charge in [0.2, 0.25) is 5.91 Å². The highest BCUT2D eigenvalue weighted by Crippen LogP contribution is 2.31. The highest BCUT2D eigenvalue weighted by Gasteiger charge is 2.20. The maximum atomic E-state index is 13.0. The zero-order valence-electron chi connectivity index (χ0n) is 17.4. The van der Waals surface area contributed by atoms with Crippen LogP contribution in [0.2, 0.25) is 0 Å². The van der Waals surface area contributed by atoms with Gasteiger partial charge in [-0.15, -0.1) is 11.3 Å². The molecule has 0 saturated heterocycles. The second-order valence-electron chi connectivity index (χ2n) is 7.62. The Morgan fingerprint density at radius 3 is 2.53 bits per heavy atom. The fraction of sp³-hybridized carbons (Fsp3) is 0.320. The van der Waals surface area contributed by atoms with E-state index >= 15 is 0 Å². The average Bonchev–Trinajstić information content (AvgIpc) is 3.31. The van der Waals surface area contributed by atoms with Crippen LogP contribution in [0.25, 0.3) is 0 Å². The Labute approximate surface area is 181 Å². The van der Waals surface area contributed by atoms with Crippen molar-refractivity contribution in [3.05, 3.63) is 81.0 Å². The van der Waals surface area contributed by atoms with Crippen LogP contribution in [0.3, 0.4) is 0 Å². The van der Waals surface area contributed by atoms with Crippen LogP contribution >= 0.6 is 11.3 Å². The van der Waals surface area contributed by atoms with Crippen molar-refractivity contribution in [2.24, 2.45) is 0 Å². The lowest BCUT2D eigenvalue weighted by Crippen LogP contribution is -2.30. The molecule has 0 saturated carbocycles. The Bertz CT molecular complexity index is 1010. The van der Waals surface area contributed by atoms with Gasteiger partial charge in [0, 0.05) is 4.88 Å². The van der Waals surface area contributed by atoms with E-state index in [0.29, 0.717) is 11.5 Å². The molecular weight excluding hydrogens is 394 g/mol. The first-order valence-corrected chi connectivity index (χ1v) is 11.2. The van der Waals surface area contributed by atoms with Gasteiger partial charge >= 0.3 is 0 Å². The Hall–Kier alpha value is -2.79. The van der Waals surface area contributed by atoms with Crippen LogP contribution in [0.4, 0.5) is 0 Å². The zero-order valence-corrected chi connectivity index (χ0v) is 18.3. The van der Waals surface area contributed by atoms with Gasteiger partial charge in [0.15, 0.2) is 11.5 Å². The summed E-state index contributed by atoms with van der Waals surface area (Å²) in [6.45, 7) is 0. The van der Waals surface area contributed by atoms with E-state index in [9.17, 15) is 4.79 Å². The number of carbonyl (C=O) groups excluding carboxylic acids is 1. The quantitative estimate of drug-likeness (QED) is 0.578. The van der Waals surface area contributed by atoms with Crippen molar-refractivity contribution in [2.45, 2.75) is 38.1 Å². The minimum absolute atomic E-state index is 0.0154. The van der Waals surface area contributed by atoms with Crippen molar-refractivity contribution < 1.29 is 14.3 Å². The number of benzene rings is 2. The predicted molar refractivity (Wildman–Crippen MR) is 121 cm³/mol. The summed E-state index contributed by atoms with van der Waals surface area (Å²) in [4.78, 5) is 14.1. The standard InChI is InChI=1S/C25H27NO3S/c1-28-21-12-9-17(14-22(21)29-2)15-24(27)26-25(23-8-5-13-30-23)20-11-10-18-6-3-4-7-19(18)16-20/h5,8-14,16,25H,3-4,6-7,15H2,1-2H3,(H,26,27). The number of rotatable bonds is 7. The molecule has 5 heteroatoms. The number of carbonyl (C=O) groups is 1. The molecule has 156 valence electrons. The normalized spacial score (nSPS) is 13.9. The topological polar surface area (TPSA) is 47.6 Å². The van der Waals surface area contributed by atoms with Gasteiger partial charge in [0.25, 0.3) is 0 Å². The number of thiophene rings is 1. The lowest BCUT2D eigenvalue weighted by molar-refractivity contribution is -0.120. The van der Waals surface area contributed by atoms with E-state index < -0.39 is 0 Å². The summed E-state index contributed by atoms with van der Waals surface area (Å²) in [5.74, 6) is 1.28. The van der Waals surface area contributed by atoms with E-state index in [0.717, 1.165) is 28.8 Å². The number of ether oxygens (including phenoxy) is 2. The van der Waals surface area contributed by atoms with Gasteiger partial charge in [-0.2, -0.15) is 0 Å². The molecule has 0 aliphatic heterocycles. The molecule has 1 aromatic heterocycles. The first kappa shape index (κ1) is 20.5. The van der Waals surface area contributed by atoms with Crippen LogP contribution in [0, 0.1) is 0 Å². The summed E-state index contributed by atoms with van der Waals surface area (Å²) in [5, 5.41) is 5.31. The largest absolute Gasteiger partial charge is 0.493 e. The summed E-state index contributed by atoms with van der Waals surface area (Å²) in [6, 6.07) is 16.3. The fourth-order valence-electron chi connectivity index (χ4n) is 4.10. The van der Waals surface area contributed by atoms with Gasteiger partial charge in [-0.05, 0) is 71.5 Å². The summed E-state index contributed by atoms with van der Waals surface area (Å²) >= 11 is 1.67. The Morgan fingerprint density at radius 1 is 1.00 bits per heavy atom. The Morgan fingerprint density at radius 2 is 1.80 bits per heavy atom. The zero-order chi connectivity index (χ0) is 20.9. The predicted octanol–water partition coefficient (Wildman–Crippen LogP) is 5.09. The molecule has 30 heavy (non-hydrogen) atoms. The maximum Gasteiger partial charge on any atom is 0.225 e. The number of hydrogen-bond acceptors (Lipinski definition) is 4. The molecule has 0 spiro atoms. The third-order valence-corrected chi connectivity index (χ3v) is 6.59. The van der Waals surface area contributed by atoms with Gasteiger partial charge in [-0.3, -0.25) is 4.79 Å². The average molecular weight is 422 g/mol. The van der Waals surface area contributed by atoms with Crippen LogP contribution in [0.5, 0.6) is 11.5 Å². The van der Waals surface area contributed by atoms with Crippen LogP contribution in [0.15, 0.2) is 53.9 Å². The molecule has 0 bridgehead atoms. The molecule has 1 amide bonds. The molecule has 1 heterocycles. The molecule has 0 fully saturated rings. The molecule has 2 aromatic carbocycles. The van der Waals surface area contributed by atoms with Gasteiger partial charge in [-0.1, -0.05) is 30.3 Å². The Balaban J connectivity index is 1.55. The van der Waals surface area contributed by atoms with E-state index in [-0.39, 0.29) is 18.4 Å². The number of hydrogen-bond donors (Lipinski definition) is 1. The fourth-order valence-corrected chi connectivity index (χ4v) is 4.90. The van der Waals surface area contributed by atoms with Crippen molar-refractivity contribution in [3.63, 3.8) is 0 Å². The SMILES string of the molecule is COc1ccc(CC(=O)NC(c2ccc3c(c2)CCCC3)c2cccs2)cc1OC. The van der Waals surface area contributed by atoms with Crippen LogP contribution in [-0.2, 0) is 24.1 Å². The van der Waals surface area contributed by atoms with Crippen LogP contribution in [-0.4, -0.2) is 20.1 Å². The molecule has 4 rings (SSSR count). The summed E-state index contributed by atoms with van der Waals surface area (Å²) in [7, 11) is 3.21. The van der Waals surface area contributed by atoms with E-state index in [4.69, 9.17) is 9.47 Å².